The van der Waals surface area contributed by atoms with E-state index >= 15 is 0 Å². The molecule has 1 aliphatic heterocycles. The molecule has 24 heavy (non-hydrogen) atoms. The molecule has 2 aliphatic rings. The maximum Gasteiger partial charge on any atom is 0.241 e. The number of rotatable bonds is 6. The highest BCUT2D eigenvalue weighted by atomic mass is 32.2. The molecule has 6 nitrogen and oxygen atoms in total. The van der Waals surface area contributed by atoms with E-state index in [4.69, 9.17) is 0 Å². The van der Waals surface area contributed by atoms with Crippen molar-refractivity contribution in [2.75, 3.05) is 13.1 Å². The molecule has 0 bridgehead atoms. The van der Waals surface area contributed by atoms with Crippen LogP contribution in [0, 0.1) is 0 Å². The normalized spacial score (nSPS) is 21.4. The number of nitrogens with zero attached hydrogens (tertiary/aromatic N) is 1. The fraction of sp³-hybridized carbons (Fsp3) is 0.588. The lowest BCUT2D eigenvalue weighted by Crippen LogP contribution is -2.51. The molecular formula is C17H25N3O3S. The second-order valence-corrected chi connectivity index (χ2v) is 8.42. The van der Waals surface area contributed by atoms with Crippen molar-refractivity contribution in [2.24, 2.45) is 0 Å². The van der Waals surface area contributed by atoms with E-state index in [0.717, 1.165) is 32.0 Å². The minimum atomic E-state index is -3.68. The maximum atomic E-state index is 12.3. The molecule has 3 rings (SSSR count). The third-order valence-corrected chi connectivity index (χ3v) is 6.27. The Bertz CT molecular complexity index is 666. The molecule has 1 aromatic carbocycles. The standard InChI is InChI=1S/C17H25N3O3S/c1-13(19-24(22,23)16-5-3-2-4-6-16)17(21)18-14-9-11-20(12-10-14)15-7-8-15/h2-6,13-15,19H,7-12H2,1H3,(H,18,21)/t13-/m0/s1. The van der Waals surface area contributed by atoms with Gasteiger partial charge in [0.25, 0.3) is 0 Å². The molecule has 1 atom stereocenters. The summed E-state index contributed by atoms with van der Waals surface area (Å²) >= 11 is 0. The first kappa shape index (κ1) is 17.4. The van der Waals surface area contributed by atoms with E-state index in [-0.39, 0.29) is 16.8 Å². The molecule has 2 fully saturated rings. The number of carbonyl (C=O) groups is 1. The minimum Gasteiger partial charge on any atom is -0.352 e. The van der Waals surface area contributed by atoms with Gasteiger partial charge >= 0.3 is 0 Å². The summed E-state index contributed by atoms with van der Waals surface area (Å²) in [4.78, 5) is 15.0. The van der Waals surface area contributed by atoms with Crippen LogP contribution >= 0.6 is 0 Å². The average Bonchev–Trinajstić information content (AvgIpc) is 3.41. The number of hydrogen-bond donors (Lipinski definition) is 2. The highest BCUT2D eigenvalue weighted by Crippen LogP contribution is 2.29. The lowest BCUT2D eigenvalue weighted by Gasteiger charge is -2.32. The van der Waals surface area contributed by atoms with Crippen molar-refractivity contribution in [3.05, 3.63) is 30.3 Å². The lowest BCUT2D eigenvalue weighted by molar-refractivity contribution is -0.123. The predicted molar refractivity (Wildman–Crippen MR) is 92.0 cm³/mol. The van der Waals surface area contributed by atoms with E-state index in [9.17, 15) is 13.2 Å². The Kier molecular flexibility index (Phi) is 5.22. The summed E-state index contributed by atoms with van der Waals surface area (Å²) in [5.41, 5.74) is 0. The van der Waals surface area contributed by atoms with Crippen LogP contribution in [0.25, 0.3) is 0 Å². The summed E-state index contributed by atoms with van der Waals surface area (Å²) < 4.78 is 27.0. The molecule has 0 spiro atoms. The van der Waals surface area contributed by atoms with E-state index in [1.54, 1.807) is 25.1 Å². The van der Waals surface area contributed by atoms with E-state index in [0.29, 0.717) is 0 Å². The van der Waals surface area contributed by atoms with Crippen molar-refractivity contribution >= 4 is 15.9 Å². The van der Waals surface area contributed by atoms with Crippen molar-refractivity contribution in [2.45, 2.75) is 55.6 Å². The van der Waals surface area contributed by atoms with Crippen LogP contribution in [0.15, 0.2) is 35.2 Å². The Balaban J connectivity index is 1.50. The number of carbonyl (C=O) groups excluding carboxylic acids is 1. The highest BCUT2D eigenvalue weighted by Gasteiger charge is 2.32. The average molecular weight is 351 g/mol. The molecular weight excluding hydrogens is 326 g/mol. The zero-order chi connectivity index (χ0) is 17.2. The van der Waals surface area contributed by atoms with Crippen molar-refractivity contribution in [3.63, 3.8) is 0 Å². The Morgan fingerprint density at radius 3 is 2.33 bits per heavy atom. The van der Waals surface area contributed by atoms with Gasteiger partial charge in [0.05, 0.1) is 10.9 Å². The molecule has 1 amide bonds. The molecule has 0 aromatic heterocycles. The van der Waals surface area contributed by atoms with Crippen molar-refractivity contribution in [1.29, 1.82) is 0 Å². The number of nitrogens with one attached hydrogen (secondary N) is 2. The summed E-state index contributed by atoms with van der Waals surface area (Å²) in [7, 11) is -3.68. The van der Waals surface area contributed by atoms with Gasteiger partial charge in [0.2, 0.25) is 15.9 Å². The topological polar surface area (TPSA) is 78.5 Å². The van der Waals surface area contributed by atoms with Gasteiger partial charge in [-0.3, -0.25) is 4.79 Å². The first-order valence-corrected chi connectivity index (χ1v) is 10.1. The van der Waals surface area contributed by atoms with Crippen LogP contribution in [0.5, 0.6) is 0 Å². The Labute approximate surface area is 143 Å². The third kappa shape index (κ3) is 4.34. The number of hydrogen-bond acceptors (Lipinski definition) is 4. The van der Waals surface area contributed by atoms with Gasteiger partial charge in [-0.2, -0.15) is 4.72 Å². The van der Waals surface area contributed by atoms with Crippen LogP contribution < -0.4 is 10.0 Å². The quantitative estimate of drug-likeness (QED) is 0.804. The van der Waals surface area contributed by atoms with E-state index in [2.05, 4.69) is 14.9 Å². The molecule has 132 valence electrons. The van der Waals surface area contributed by atoms with Crippen molar-refractivity contribution < 1.29 is 13.2 Å². The molecule has 1 aromatic rings. The fourth-order valence-electron chi connectivity index (χ4n) is 3.13. The Hall–Kier alpha value is -1.44. The summed E-state index contributed by atoms with van der Waals surface area (Å²) in [5.74, 6) is -0.264. The Morgan fingerprint density at radius 1 is 1.12 bits per heavy atom. The van der Waals surface area contributed by atoms with Crippen LogP contribution in [-0.2, 0) is 14.8 Å². The Morgan fingerprint density at radius 2 is 1.75 bits per heavy atom. The summed E-state index contributed by atoms with van der Waals surface area (Å²) in [6.07, 6.45) is 4.46. The summed E-state index contributed by atoms with van der Waals surface area (Å²) in [5, 5.41) is 2.98. The minimum absolute atomic E-state index is 0.135. The molecule has 1 saturated carbocycles. The molecule has 2 N–H and O–H groups in total. The van der Waals surface area contributed by atoms with Crippen LogP contribution in [0.3, 0.4) is 0 Å². The summed E-state index contributed by atoms with van der Waals surface area (Å²) in [6.45, 7) is 3.61. The maximum absolute atomic E-state index is 12.3. The van der Waals surface area contributed by atoms with Gasteiger partial charge in [0.1, 0.15) is 0 Å². The third-order valence-electron chi connectivity index (χ3n) is 4.72. The smallest absolute Gasteiger partial charge is 0.241 e. The number of amides is 1. The first-order valence-electron chi connectivity index (χ1n) is 8.57. The number of likely N-dealkylation sites (tertiary alicyclic amines) is 1. The van der Waals surface area contributed by atoms with Gasteiger partial charge in [-0.15, -0.1) is 0 Å². The second-order valence-electron chi connectivity index (χ2n) is 6.71. The first-order chi connectivity index (χ1) is 11.5. The van der Waals surface area contributed by atoms with Crippen LogP contribution in [0.1, 0.15) is 32.6 Å². The van der Waals surface area contributed by atoms with Crippen molar-refractivity contribution in [3.8, 4) is 0 Å². The van der Waals surface area contributed by atoms with Crippen LogP contribution in [-0.4, -0.2) is 50.4 Å². The van der Waals surface area contributed by atoms with Gasteiger partial charge in [-0.05, 0) is 44.7 Å². The summed E-state index contributed by atoms with van der Waals surface area (Å²) in [6, 6.07) is 8.20. The van der Waals surface area contributed by atoms with Crippen molar-refractivity contribution in [1.82, 2.24) is 14.9 Å². The van der Waals surface area contributed by atoms with Gasteiger partial charge in [0, 0.05) is 25.2 Å². The molecule has 0 radical (unpaired) electrons. The van der Waals surface area contributed by atoms with E-state index in [1.165, 1.54) is 25.0 Å². The fourth-order valence-corrected chi connectivity index (χ4v) is 4.35. The molecule has 1 aliphatic carbocycles. The second kappa shape index (κ2) is 7.21. The van der Waals surface area contributed by atoms with Crippen LogP contribution in [0.2, 0.25) is 0 Å². The zero-order valence-corrected chi connectivity index (χ0v) is 14.8. The molecule has 7 heteroatoms. The number of sulfonamides is 1. The van der Waals surface area contributed by atoms with Gasteiger partial charge in [-0.25, -0.2) is 8.42 Å². The zero-order valence-electron chi connectivity index (χ0n) is 13.9. The predicted octanol–water partition coefficient (Wildman–Crippen LogP) is 1.10. The number of piperidine rings is 1. The van der Waals surface area contributed by atoms with E-state index in [1.807, 2.05) is 0 Å². The highest BCUT2D eigenvalue weighted by molar-refractivity contribution is 7.89. The largest absolute Gasteiger partial charge is 0.352 e. The molecule has 1 saturated heterocycles. The lowest BCUT2D eigenvalue weighted by atomic mass is 10.0. The SMILES string of the molecule is C[C@H](NS(=O)(=O)c1ccccc1)C(=O)NC1CCN(C2CC2)CC1. The van der Waals surface area contributed by atoms with Gasteiger partial charge < -0.3 is 10.2 Å². The molecule has 0 unspecified atom stereocenters. The monoisotopic (exact) mass is 351 g/mol. The van der Waals surface area contributed by atoms with Gasteiger partial charge in [0.15, 0.2) is 0 Å². The van der Waals surface area contributed by atoms with Gasteiger partial charge in [-0.1, -0.05) is 18.2 Å². The van der Waals surface area contributed by atoms with E-state index < -0.39 is 16.1 Å². The van der Waals surface area contributed by atoms with Crippen LogP contribution in [0.4, 0.5) is 0 Å². The number of benzene rings is 1. The molecule has 1 heterocycles.